The lowest BCUT2D eigenvalue weighted by Crippen LogP contribution is -2.47. The van der Waals surface area contributed by atoms with Crippen molar-refractivity contribution in [2.75, 3.05) is 27.2 Å². The number of nitrogens with one attached hydrogen (secondary N) is 1. The molecule has 0 radical (unpaired) electrons. The molecule has 2 rings (SSSR count). The molecule has 0 unspecified atom stereocenters. The van der Waals surface area contributed by atoms with E-state index < -0.39 is 0 Å². The second kappa shape index (κ2) is 6.57. The summed E-state index contributed by atoms with van der Waals surface area (Å²) in [5.74, 6) is 0. The Morgan fingerprint density at radius 3 is 2.58 bits per heavy atom. The van der Waals surface area contributed by atoms with Gasteiger partial charge in [0.1, 0.15) is 0 Å². The zero-order chi connectivity index (χ0) is 13.7. The van der Waals surface area contributed by atoms with E-state index in [1.165, 1.54) is 0 Å². The van der Waals surface area contributed by atoms with Crippen molar-refractivity contribution in [2.45, 2.75) is 25.4 Å². The number of hydrogen-bond acceptors (Lipinski definition) is 2. The minimum Gasteiger partial charge on any atom is -0.334 e. The van der Waals surface area contributed by atoms with E-state index in [0.29, 0.717) is 12.6 Å². The van der Waals surface area contributed by atoms with Gasteiger partial charge in [-0.05, 0) is 38.5 Å². The van der Waals surface area contributed by atoms with Crippen LogP contribution in [0.3, 0.4) is 0 Å². The van der Waals surface area contributed by atoms with Crippen LogP contribution in [0.25, 0.3) is 0 Å². The Morgan fingerprint density at radius 2 is 1.95 bits per heavy atom. The van der Waals surface area contributed by atoms with Crippen molar-refractivity contribution in [1.29, 1.82) is 0 Å². The lowest BCUT2D eigenvalue weighted by molar-refractivity contribution is 0.147. The van der Waals surface area contributed by atoms with Gasteiger partial charge in [-0.25, -0.2) is 4.79 Å². The van der Waals surface area contributed by atoms with E-state index in [9.17, 15) is 4.79 Å². The van der Waals surface area contributed by atoms with Gasteiger partial charge in [0.05, 0.1) is 0 Å². The standard InChI is InChI=1S/C15H23N3O/c1-17-10-8-14(9-11-17)18(2)15(19)16-12-13-6-4-3-5-7-13/h3-7,14H,8-12H2,1-2H3,(H,16,19). The average molecular weight is 261 g/mol. The fourth-order valence-corrected chi connectivity index (χ4v) is 2.45. The quantitative estimate of drug-likeness (QED) is 0.902. The summed E-state index contributed by atoms with van der Waals surface area (Å²) in [7, 11) is 4.03. The molecule has 1 aliphatic heterocycles. The maximum absolute atomic E-state index is 12.1. The van der Waals surface area contributed by atoms with Crippen LogP contribution in [-0.2, 0) is 6.54 Å². The maximum Gasteiger partial charge on any atom is 0.317 e. The Kier molecular flexibility index (Phi) is 4.80. The average Bonchev–Trinajstić information content (AvgIpc) is 2.46. The van der Waals surface area contributed by atoms with Crippen molar-refractivity contribution in [3.63, 3.8) is 0 Å². The molecule has 4 nitrogen and oxygen atoms in total. The van der Waals surface area contributed by atoms with Gasteiger partial charge in [0, 0.05) is 19.6 Å². The van der Waals surface area contributed by atoms with Crippen LogP contribution < -0.4 is 5.32 Å². The highest BCUT2D eigenvalue weighted by atomic mass is 16.2. The van der Waals surface area contributed by atoms with Gasteiger partial charge in [-0.2, -0.15) is 0 Å². The highest BCUT2D eigenvalue weighted by molar-refractivity contribution is 5.74. The fraction of sp³-hybridized carbons (Fsp3) is 0.533. The summed E-state index contributed by atoms with van der Waals surface area (Å²) in [6, 6.07) is 10.4. The van der Waals surface area contributed by atoms with Crippen LogP contribution in [0, 0.1) is 0 Å². The van der Waals surface area contributed by atoms with Crippen LogP contribution >= 0.6 is 0 Å². The molecular formula is C15H23N3O. The summed E-state index contributed by atoms with van der Waals surface area (Å²) in [4.78, 5) is 16.3. The molecule has 1 aliphatic rings. The molecule has 1 heterocycles. The van der Waals surface area contributed by atoms with Gasteiger partial charge in [0.25, 0.3) is 0 Å². The van der Waals surface area contributed by atoms with Crippen LogP contribution in [0.15, 0.2) is 30.3 Å². The Morgan fingerprint density at radius 1 is 1.32 bits per heavy atom. The molecule has 1 saturated heterocycles. The van der Waals surface area contributed by atoms with E-state index in [2.05, 4.69) is 17.3 Å². The number of carbonyl (C=O) groups is 1. The molecule has 104 valence electrons. The van der Waals surface area contributed by atoms with Crippen LogP contribution in [0.2, 0.25) is 0 Å². The molecule has 4 heteroatoms. The first kappa shape index (κ1) is 13.9. The van der Waals surface area contributed by atoms with E-state index in [4.69, 9.17) is 0 Å². The van der Waals surface area contributed by atoms with E-state index in [1.807, 2.05) is 42.3 Å². The second-order valence-corrected chi connectivity index (χ2v) is 5.29. The highest BCUT2D eigenvalue weighted by Crippen LogP contribution is 2.14. The van der Waals surface area contributed by atoms with Gasteiger partial charge in [-0.15, -0.1) is 0 Å². The third-order valence-electron chi connectivity index (χ3n) is 3.84. The van der Waals surface area contributed by atoms with Crippen LogP contribution in [0.4, 0.5) is 4.79 Å². The molecule has 0 aliphatic carbocycles. The normalized spacial score (nSPS) is 17.2. The van der Waals surface area contributed by atoms with Crippen molar-refractivity contribution < 1.29 is 4.79 Å². The first-order valence-electron chi connectivity index (χ1n) is 6.90. The third kappa shape index (κ3) is 3.96. The van der Waals surface area contributed by atoms with E-state index in [0.717, 1.165) is 31.5 Å². The zero-order valence-electron chi connectivity index (χ0n) is 11.8. The molecule has 0 saturated carbocycles. The SMILES string of the molecule is CN1CCC(N(C)C(=O)NCc2ccccc2)CC1. The Hall–Kier alpha value is -1.55. The molecule has 0 bridgehead atoms. The molecule has 1 fully saturated rings. The van der Waals surface area contributed by atoms with E-state index >= 15 is 0 Å². The molecule has 1 aromatic carbocycles. The summed E-state index contributed by atoms with van der Waals surface area (Å²) in [6.45, 7) is 2.73. The van der Waals surface area contributed by atoms with Crippen molar-refractivity contribution in [2.24, 2.45) is 0 Å². The van der Waals surface area contributed by atoms with E-state index in [-0.39, 0.29) is 6.03 Å². The first-order chi connectivity index (χ1) is 9.16. The predicted molar refractivity (Wildman–Crippen MR) is 77.0 cm³/mol. The topological polar surface area (TPSA) is 35.6 Å². The molecule has 1 N–H and O–H groups in total. The Labute approximate surface area is 115 Å². The van der Waals surface area contributed by atoms with Gasteiger partial charge in [0.15, 0.2) is 0 Å². The lowest BCUT2D eigenvalue weighted by atomic mass is 10.0. The summed E-state index contributed by atoms with van der Waals surface area (Å²) in [5, 5.41) is 2.98. The number of benzene rings is 1. The number of hydrogen-bond donors (Lipinski definition) is 1. The van der Waals surface area contributed by atoms with Gasteiger partial charge < -0.3 is 15.1 Å². The lowest BCUT2D eigenvalue weighted by Gasteiger charge is -2.35. The molecule has 1 aromatic rings. The Bertz CT molecular complexity index is 399. The summed E-state index contributed by atoms with van der Waals surface area (Å²) in [6.07, 6.45) is 2.12. The van der Waals surface area contributed by atoms with Gasteiger partial charge >= 0.3 is 6.03 Å². The molecule has 0 atom stereocenters. The number of urea groups is 1. The smallest absolute Gasteiger partial charge is 0.317 e. The third-order valence-corrected chi connectivity index (χ3v) is 3.84. The minimum absolute atomic E-state index is 0.0263. The van der Waals surface area contributed by atoms with Crippen molar-refractivity contribution in [3.05, 3.63) is 35.9 Å². The van der Waals surface area contributed by atoms with E-state index in [1.54, 1.807) is 0 Å². The highest BCUT2D eigenvalue weighted by Gasteiger charge is 2.23. The number of piperidine rings is 1. The fourth-order valence-electron chi connectivity index (χ4n) is 2.45. The number of nitrogens with zero attached hydrogens (tertiary/aromatic N) is 2. The molecular weight excluding hydrogens is 238 g/mol. The molecule has 0 spiro atoms. The predicted octanol–water partition coefficient (Wildman–Crippen LogP) is 1.92. The number of carbonyl (C=O) groups excluding carboxylic acids is 1. The second-order valence-electron chi connectivity index (χ2n) is 5.29. The van der Waals surface area contributed by atoms with Gasteiger partial charge in [-0.3, -0.25) is 0 Å². The van der Waals surface area contributed by atoms with Crippen LogP contribution in [0.5, 0.6) is 0 Å². The van der Waals surface area contributed by atoms with Crippen molar-refractivity contribution in [1.82, 2.24) is 15.1 Å². The monoisotopic (exact) mass is 261 g/mol. The van der Waals surface area contributed by atoms with Crippen LogP contribution in [-0.4, -0.2) is 49.1 Å². The summed E-state index contributed by atoms with van der Waals surface area (Å²) >= 11 is 0. The number of rotatable bonds is 3. The minimum atomic E-state index is 0.0263. The first-order valence-corrected chi connectivity index (χ1v) is 6.90. The molecule has 2 amide bonds. The van der Waals surface area contributed by atoms with Crippen molar-refractivity contribution >= 4 is 6.03 Å². The van der Waals surface area contributed by atoms with Crippen molar-refractivity contribution in [3.8, 4) is 0 Å². The number of likely N-dealkylation sites (tertiary alicyclic amines) is 1. The number of amides is 2. The molecule has 0 aromatic heterocycles. The summed E-state index contributed by atoms with van der Waals surface area (Å²) in [5.41, 5.74) is 1.13. The van der Waals surface area contributed by atoms with Gasteiger partial charge in [0.2, 0.25) is 0 Å². The Balaban J connectivity index is 1.79. The largest absolute Gasteiger partial charge is 0.334 e. The van der Waals surface area contributed by atoms with Crippen LogP contribution in [0.1, 0.15) is 18.4 Å². The molecule has 19 heavy (non-hydrogen) atoms. The summed E-state index contributed by atoms with van der Waals surface area (Å²) < 4.78 is 0. The zero-order valence-corrected chi connectivity index (χ0v) is 11.8. The van der Waals surface area contributed by atoms with Gasteiger partial charge in [-0.1, -0.05) is 30.3 Å². The maximum atomic E-state index is 12.1.